The molecule has 6 nitrogen and oxygen atoms in total. The number of hydrogen-bond acceptors (Lipinski definition) is 4. The molecule has 0 atom stereocenters. The zero-order valence-electron chi connectivity index (χ0n) is 14.3. The van der Waals surface area contributed by atoms with E-state index in [1.54, 1.807) is 12.4 Å². The third-order valence-electron chi connectivity index (χ3n) is 4.26. The summed E-state index contributed by atoms with van der Waals surface area (Å²) in [5.74, 6) is 0. The van der Waals surface area contributed by atoms with E-state index in [1.807, 2.05) is 41.9 Å². The summed E-state index contributed by atoms with van der Waals surface area (Å²) >= 11 is 0. The number of sulfonamides is 1. The Morgan fingerprint density at radius 2 is 2.00 bits per heavy atom. The van der Waals surface area contributed by atoms with Gasteiger partial charge in [-0.1, -0.05) is 18.2 Å². The van der Waals surface area contributed by atoms with Crippen LogP contribution in [0, 0.1) is 11.3 Å². The summed E-state index contributed by atoms with van der Waals surface area (Å²) in [6.45, 7) is 0.228. The molecule has 0 spiro atoms. The quantitative estimate of drug-likeness (QED) is 0.721. The predicted octanol–water partition coefficient (Wildman–Crippen LogP) is 2.50. The van der Waals surface area contributed by atoms with Crippen molar-refractivity contribution in [3.8, 4) is 17.3 Å². The van der Waals surface area contributed by atoms with E-state index < -0.39 is 10.0 Å². The fourth-order valence-corrected chi connectivity index (χ4v) is 3.31. The highest BCUT2D eigenvalue weighted by Gasteiger charge is 2.18. The maximum Gasteiger partial charge on any atom is 0.211 e. The molecule has 0 radical (unpaired) electrons. The second-order valence-corrected chi connectivity index (χ2v) is 8.10. The molecule has 0 saturated heterocycles. The summed E-state index contributed by atoms with van der Waals surface area (Å²) in [7, 11) is 0.166. The molecular weight excluding hydrogens is 336 g/mol. The Morgan fingerprint density at radius 3 is 2.68 bits per heavy atom. The first-order valence-electron chi connectivity index (χ1n) is 7.66. The molecule has 0 unspecified atom stereocenters. The van der Waals surface area contributed by atoms with Gasteiger partial charge < -0.3 is 4.57 Å². The number of hydrogen-bond donors (Lipinski definition) is 0. The zero-order chi connectivity index (χ0) is 18.2. The molecule has 0 aliphatic rings. The monoisotopic (exact) mass is 354 g/mol. The lowest BCUT2D eigenvalue weighted by molar-refractivity contribution is 0.471. The number of nitrogens with zero attached hydrogens (tertiary/aromatic N) is 4. The Kier molecular flexibility index (Phi) is 4.33. The van der Waals surface area contributed by atoms with Crippen LogP contribution < -0.4 is 0 Å². The summed E-state index contributed by atoms with van der Waals surface area (Å²) in [6, 6.07) is 11.9. The van der Waals surface area contributed by atoms with Gasteiger partial charge in [0, 0.05) is 49.5 Å². The number of fused-ring (bicyclic) bond motifs is 1. The van der Waals surface area contributed by atoms with Crippen molar-refractivity contribution in [1.29, 1.82) is 5.26 Å². The summed E-state index contributed by atoms with van der Waals surface area (Å²) < 4.78 is 26.5. The third kappa shape index (κ3) is 3.14. The second-order valence-electron chi connectivity index (χ2n) is 6.01. The van der Waals surface area contributed by atoms with E-state index in [2.05, 4.69) is 11.1 Å². The standard InChI is InChI=1S/C18H18N4O2S/c1-21(25(3,23)24)12-13-8-14(11-20-10-13)18-16(9-19)15-6-4-5-7-17(15)22(18)2/h4-8,10-11H,12H2,1-3H3. The highest BCUT2D eigenvalue weighted by atomic mass is 32.2. The van der Waals surface area contributed by atoms with Crippen molar-refractivity contribution in [3.05, 3.63) is 53.9 Å². The lowest BCUT2D eigenvalue weighted by Gasteiger charge is -2.14. The largest absolute Gasteiger partial charge is 0.342 e. The summed E-state index contributed by atoms with van der Waals surface area (Å²) in [5, 5.41) is 10.5. The molecule has 0 bridgehead atoms. The normalized spacial score (nSPS) is 11.8. The number of pyridine rings is 1. The van der Waals surface area contributed by atoms with Gasteiger partial charge in [0.15, 0.2) is 0 Å². The molecule has 0 amide bonds. The molecule has 2 aromatic heterocycles. The van der Waals surface area contributed by atoms with E-state index >= 15 is 0 Å². The van der Waals surface area contributed by atoms with Gasteiger partial charge in [0.25, 0.3) is 0 Å². The Balaban J connectivity index is 2.13. The van der Waals surface area contributed by atoms with E-state index in [0.717, 1.165) is 27.7 Å². The molecule has 0 N–H and O–H groups in total. The maximum absolute atomic E-state index is 11.6. The van der Waals surface area contributed by atoms with Gasteiger partial charge in [-0.2, -0.15) is 5.26 Å². The van der Waals surface area contributed by atoms with Crippen molar-refractivity contribution in [3.63, 3.8) is 0 Å². The lowest BCUT2D eigenvalue weighted by Crippen LogP contribution is -2.24. The average Bonchev–Trinajstić information content (AvgIpc) is 2.87. The SMILES string of the molecule is CN(Cc1cncc(-c2c(C#N)c3ccccc3n2C)c1)S(C)(=O)=O. The molecule has 128 valence electrons. The van der Waals surface area contributed by atoms with Crippen LogP contribution >= 0.6 is 0 Å². The lowest BCUT2D eigenvalue weighted by atomic mass is 10.1. The van der Waals surface area contributed by atoms with E-state index in [-0.39, 0.29) is 6.54 Å². The van der Waals surface area contributed by atoms with Crippen LogP contribution in [0.3, 0.4) is 0 Å². The third-order valence-corrected chi connectivity index (χ3v) is 5.52. The van der Waals surface area contributed by atoms with Gasteiger partial charge in [-0.05, 0) is 17.7 Å². The van der Waals surface area contributed by atoms with Crippen molar-refractivity contribution in [2.24, 2.45) is 7.05 Å². The fourth-order valence-electron chi connectivity index (χ4n) is 2.92. The highest BCUT2D eigenvalue weighted by molar-refractivity contribution is 7.88. The molecule has 3 rings (SSSR count). The van der Waals surface area contributed by atoms with Gasteiger partial charge in [-0.25, -0.2) is 12.7 Å². The smallest absolute Gasteiger partial charge is 0.211 e. The van der Waals surface area contributed by atoms with Gasteiger partial charge in [0.05, 0.1) is 17.5 Å². The topological polar surface area (TPSA) is 79.0 Å². The van der Waals surface area contributed by atoms with Gasteiger partial charge in [0.2, 0.25) is 10.0 Å². The minimum Gasteiger partial charge on any atom is -0.342 e. The Morgan fingerprint density at radius 1 is 1.28 bits per heavy atom. The Labute approximate surface area is 147 Å². The molecule has 0 aliphatic heterocycles. The first kappa shape index (κ1) is 17.1. The molecule has 0 fully saturated rings. The predicted molar refractivity (Wildman–Crippen MR) is 97.2 cm³/mol. The molecule has 3 aromatic rings. The number of nitriles is 1. The summed E-state index contributed by atoms with van der Waals surface area (Å²) in [6.07, 6.45) is 4.50. The van der Waals surface area contributed by atoms with Crippen molar-refractivity contribution < 1.29 is 8.42 Å². The van der Waals surface area contributed by atoms with Gasteiger partial charge in [-0.15, -0.1) is 0 Å². The number of rotatable bonds is 4. The average molecular weight is 354 g/mol. The Hall–Kier alpha value is -2.69. The molecule has 1 aromatic carbocycles. The van der Waals surface area contributed by atoms with Gasteiger partial charge in [-0.3, -0.25) is 4.98 Å². The second kappa shape index (κ2) is 6.31. The van der Waals surface area contributed by atoms with Crippen molar-refractivity contribution in [2.75, 3.05) is 13.3 Å². The van der Waals surface area contributed by atoms with Gasteiger partial charge >= 0.3 is 0 Å². The highest BCUT2D eigenvalue weighted by Crippen LogP contribution is 2.32. The van der Waals surface area contributed by atoms with E-state index in [9.17, 15) is 13.7 Å². The molecule has 2 heterocycles. The van der Waals surface area contributed by atoms with Crippen molar-refractivity contribution in [2.45, 2.75) is 6.54 Å². The molecule has 0 saturated carbocycles. The van der Waals surface area contributed by atoms with E-state index in [1.165, 1.54) is 17.6 Å². The van der Waals surface area contributed by atoms with Crippen LogP contribution in [0.2, 0.25) is 0 Å². The van der Waals surface area contributed by atoms with Crippen LogP contribution in [-0.4, -0.2) is 35.6 Å². The van der Waals surface area contributed by atoms with Crippen LogP contribution in [0.4, 0.5) is 0 Å². The maximum atomic E-state index is 11.6. The molecule has 7 heteroatoms. The van der Waals surface area contributed by atoms with Crippen LogP contribution in [0.25, 0.3) is 22.2 Å². The molecular formula is C18H18N4O2S. The summed E-state index contributed by atoms with van der Waals surface area (Å²) in [4.78, 5) is 4.24. The summed E-state index contributed by atoms with van der Waals surface area (Å²) in [5.41, 5.74) is 3.88. The fraction of sp³-hybridized carbons (Fsp3) is 0.222. The van der Waals surface area contributed by atoms with E-state index in [0.29, 0.717) is 5.56 Å². The first-order chi connectivity index (χ1) is 11.8. The number of benzene rings is 1. The van der Waals surface area contributed by atoms with Crippen molar-refractivity contribution in [1.82, 2.24) is 13.9 Å². The van der Waals surface area contributed by atoms with Crippen molar-refractivity contribution >= 4 is 20.9 Å². The van der Waals surface area contributed by atoms with E-state index in [4.69, 9.17) is 0 Å². The number of aryl methyl sites for hydroxylation is 1. The molecule has 25 heavy (non-hydrogen) atoms. The zero-order valence-corrected chi connectivity index (χ0v) is 15.1. The minimum absolute atomic E-state index is 0.228. The minimum atomic E-state index is -3.27. The van der Waals surface area contributed by atoms with Crippen LogP contribution in [-0.2, 0) is 23.6 Å². The number of para-hydroxylation sites is 1. The molecule has 0 aliphatic carbocycles. The van der Waals surface area contributed by atoms with Gasteiger partial charge in [0.1, 0.15) is 6.07 Å². The first-order valence-corrected chi connectivity index (χ1v) is 9.51. The van der Waals surface area contributed by atoms with Crippen LogP contribution in [0.5, 0.6) is 0 Å². The van der Waals surface area contributed by atoms with Crippen LogP contribution in [0.1, 0.15) is 11.1 Å². The number of aromatic nitrogens is 2. The van der Waals surface area contributed by atoms with Crippen LogP contribution in [0.15, 0.2) is 42.7 Å². The Bertz CT molecular complexity index is 1090.